The zero-order valence-corrected chi connectivity index (χ0v) is 10.8. The van der Waals surface area contributed by atoms with E-state index in [0.29, 0.717) is 22.8 Å². The van der Waals surface area contributed by atoms with Crippen LogP contribution in [-0.4, -0.2) is 30.3 Å². The van der Waals surface area contributed by atoms with Crippen LogP contribution in [0.4, 0.5) is 0 Å². The highest BCUT2D eigenvalue weighted by molar-refractivity contribution is 5.86. The van der Waals surface area contributed by atoms with E-state index in [-0.39, 0.29) is 11.7 Å². The Bertz CT molecular complexity index is 617. The molecule has 6 heteroatoms. The molecule has 0 atom stereocenters. The Morgan fingerprint density at radius 3 is 2.58 bits per heavy atom. The Hall–Kier alpha value is -2.50. The minimum Gasteiger partial charge on any atom is -0.497 e. The van der Waals surface area contributed by atoms with E-state index in [1.807, 2.05) is 0 Å². The number of aromatic carboxylic acids is 1. The quantitative estimate of drug-likeness (QED) is 0.911. The van der Waals surface area contributed by atoms with E-state index in [9.17, 15) is 4.79 Å². The van der Waals surface area contributed by atoms with Crippen molar-refractivity contribution >= 4 is 5.97 Å². The number of carboxylic acids is 1. The number of oxazole rings is 1. The highest BCUT2D eigenvalue weighted by Gasteiger charge is 2.19. The van der Waals surface area contributed by atoms with Gasteiger partial charge in [0.15, 0.2) is 0 Å². The molecular formula is C13H13NO5. The number of hydrogen-bond acceptors (Lipinski definition) is 5. The van der Waals surface area contributed by atoms with Crippen LogP contribution in [0.25, 0.3) is 11.5 Å². The van der Waals surface area contributed by atoms with Gasteiger partial charge in [0.1, 0.15) is 11.5 Å². The minimum absolute atomic E-state index is 0.173. The van der Waals surface area contributed by atoms with Gasteiger partial charge >= 0.3 is 5.97 Å². The molecule has 1 heterocycles. The molecule has 0 aliphatic heterocycles. The molecule has 0 spiro atoms. The molecule has 19 heavy (non-hydrogen) atoms. The van der Waals surface area contributed by atoms with Crippen molar-refractivity contribution < 1.29 is 23.8 Å². The maximum atomic E-state index is 10.9. The van der Waals surface area contributed by atoms with Crippen LogP contribution in [0.2, 0.25) is 0 Å². The van der Waals surface area contributed by atoms with Crippen molar-refractivity contribution in [3.8, 4) is 23.0 Å². The van der Waals surface area contributed by atoms with Crippen molar-refractivity contribution in [3.63, 3.8) is 0 Å². The van der Waals surface area contributed by atoms with E-state index in [1.165, 1.54) is 7.11 Å². The third kappa shape index (κ3) is 2.37. The average Bonchev–Trinajstić information content (AvgIpc) is 2.80. The lowest BCUT2D eigenvalue weighted by molar-refractivity contribution is 0.0662. The number of carboxylic acid groups (broad SMARTS) is 1. The summed E-state index contributed by atoms with van der Waals surface area (Å²) in [7, 11) is 3.05. The predicted molar refractivity (Wildman–Crippen MR) is 66.7 cm³/mol. The summed E-state index contributed by atoms with van der Waals surface area (Å²) in [5.74, 6) is 0.00544. The van der Waals surface area contributed by atoms with Crippen LogP contribution in [-0.2, 0) is 0 Å². The SMILES string of the molecule is COc1ccc(-c2nc(C)c(C(=O)O)o2)c(OC)c1. The second kappa shape index (κ2) is 5.01. The standard InChI is InChI=1S/C13H13NO5/c1-7-11(13(15)16)19-12(14-7)9-5-4-8(17-2)6-10(9)18-3/h4-6H,1-3H3,(H,15,16). The number of nitrogens with zero attached hydrogens (tertiary/aromatic N) is 1. The Morgan fingerprint density at radius 2 is 2.05 bits per heavy atom. The zero-order valence-electron chi connectivity index (χ0n) is 10.8. The van der Waals surface area contributed by atoms with Crippen molar-refractivity contribution in [1.29, 1.82) is 0 Å². The van der Waals surface area contributed by atoms with Gasteiger partial charge in [-0.2, -0.15) is 0 Å². The summed E-state index contributed by atoms with van der Waals surface area (Å²) >= 11 is 0. The molecule has 0 radical (unpaired) electrons. The van der Waals surface area contributed by atoms with Gasteiger partial charge in [0.05, 0.1) is 25.5 Å². The summed E-state index contributed by atoms with van der Waals surface area (Å²) in [6.07, 6.45) is 0. The first-order valence-corrected chi connectivity index (χ1v) is 5.50. The molecule has 0 saturated carbocycles. The number of carbonyl (C=O) groups is 1. The normalized spacial score (nSPS) is 10.3. The maximum absolute atomic E-state index is 10.9. The molecule has 6 nitrogen and oxygen atoms in total. The summed E-state index contributed by atoms with van der Waals surface area (Å²) in [4.78, 5) is 15.0. The number of aryl methyl sites for hydroxylation is 1. The Morgan fingerprint density at radius 1 is 1.32 bits per heavy atom. The van der Waals surface area contributed by atoms with Crippen molar-refractivity contribution in [2.45, 2.75) is 6.92 Å². The number of hydrogen-bond donors (Lipinski definition) is 1. The van der Waals surface area contributed by atoms with E-state index in [2.05, 4.69) is 4.98 Å². The minimum atomic E-state index is -1.15. The number of rotatable bonds is 4. The van der Waals surface area contributed by atoms with E-state index in [4.69, 9.17) is 19.0 Å². The second-order valence-corrected chi connectivity index (χ2v) is 3.80. The molecule has 100 valence electrons. The fourth-order valence-electron chi connectivity index (χ4n) is 1.69. The summed E-state index contributed by atoms with van der Waals surface area (Å²) in [5.41, 5.74) is 0.888. The summed E-state index contributed by atoms with van der Waals surface area (Å²) in [6.45, 7) is 1.58. The highest BCUT2D eigenvalue weighted by Crippen LogP contribution is 2.33. The third-order valence-electron chi connectivity index (χ3n) is 2.63. The Labute approximate surface area is 109 Å². The lowest BCUT2D eigenvalue weighted by Crippen LogP contribution is -1.95. The highest BCUT2D eigenvalue weighted by atomic mass is 16.5. The van der Waals surface area contributed by atoms with Gasteiger partial charge in [0, 0.05) is 6.07 Å². The lowest BCUT2D eigenvalue weighted by Gasteiger charge is -2.07. The Balaban J connectivity index is 2.52. The van der Waals surface area contributed by atoms with Gasteiger partial charge in [-0.3, -0.25) is 0 Å². The van der Waals surface area contributed by atoms with Crippen molar-refractivity contribution in [1.82, 2.24) is 4.98 Å². The fraction of sp³-hybridized carbons (Fsp3) is 0.231. The summed E-state index contributed by atoms with van der Waals surface area (Å²) in [6, 6.07) is 5.10. The number of benzene rings is 1. The molecular weight excluding hydrogens is 250 g/mol. The molecule has 2 aromatic rings. The molecule has 0 saturated heterocycles. The molecule has 0 fully saturated rings. The summed E-state index contributed by atoms with van der Waals surface area (Å²) in [5, 5.41) is 8.95. The molecule has 1 aromatic heterocycles. The predicted octanol–water partition coefficient (Wildman–Crippen LogP) is 2.37. The van der Waals surface area contributed by atoms with E-state index in [0.717, 1.165) is 0 Å². The molecule has 0 unspecified atom stereocenters. The van der Waals surface area contributed by atoms with Crippen LogP contribution in [0, 0.1) is 6.92 Å². The van der Waals surface area contributed by atoms with Gasteiger partial charge in [-0.15, -0.1) is 0 Å². The van der Waals surface area contributed by atoms with Crippen LogP contribution in [0.3, 0.4) is 0 Å². The molecule has 2 rings (SSSR count). The smallest absolute Gasteiger partial charge is 0.373 e. The van der Waals surface area contributed by atoms with Gasteiger partial charge in [0.25, 0.3) is 0 Å². The molecule has 0 aliphatic carbocycles. The fourth-order valence-corrected chi connectivity index (χ4v) is 1.69. The number of ether oxygens (including phenoxy) is 2. The van der Waals surface area contributed by atoms with E-state index in [1.54, 1.807) is 32.2 Å². The molecule has 0 amide bonds. The van der Waals surface area contributed by atoms with E-state index < -0.39 is 5.97 Å². The van der Waals surface area contributed by atoms with Crippen molar-refractivity contribution in [2.75, 3.05) is 14.2 Å². The van der Waals surface area contributed by atoms with Gasteiger partial charge in [0.2, 0.25) is 11.7 Å². The lowest BCUT2D eigenvalue weighted by atomic mass is 10.2. The molecule has 1 aromatic carbocycles. The first kappa shape index (κ1) is 12.9. The van der Waals surface area contributed by atoms with Crippen LogP contribution in [0.5, 0.6) is 11.5 Å². The first-order chi connectivity index (χ1) is 9.06. The third-order valence-corrected chi connectivity index (χ3v) is 2.63. The van der Waals surface area contributed by atoms with Crippen LogP contribution in [0.15, 0.2) is 22.6 Å². The van der Waals surface area contributed by atoms with Gasteiger partial charge in [-0.05, 0) is 19.1 Å². The van der Waals surface area contributed by atoms with Crippen LogP contribution in [0.1, 0.15) is 16.2 Å². The van der Waals surface area contributed by atoms with Gasteiger partial charge in [-0.1, -0.05) is 0 Å². The maximum Gasteiger partial charge on any atom is 0.373 e. The van der Waals surface area contributed by atoms with Crippen molar-refractivity contribution in [3.05, 3.63) is 29.7 Å². The topological polar surface area (TPSA) is 81.8 Å². The average molecular weight is 263 g/mol. The molecule has 0 bridgehead atoms. The second-order valence-electron chi connectivity index (χ2n) is 3.80. The zero-order chi connectivity index (χ0) is 14.0. The van der Waals surface area contributed by atoms with Gasteiger partial charge < -0.3 is 19.0 Å². The largest absolute Gasteiger partial charge is 0.497 e. The molecule has 0 aliphatic rings. The van der Waals surface area contributed by atoms with E-state index >= 15 is 0 Å². The first-order valence-electron chi connectivity index (χ1n) is 5.50. The number of aromatic nitrogens is 1. The van der Waals surface area contributed by atoms with Crippen LogP contribution >= 0.6 is 0 Å². The van der Waals surface area contributed by atoms with Crippen LogP contribution < -0.4 is 9.47 Å². The summed E-state index contributed by atoms with van der Waals surface area (Å²) < 4.78 is 15.6. The molecule has 1 N–H and O–H groups in total. The Kier molecular flexibility index (Phi) is 3.41. The number of methoxy groups -OCH3 is 2. The monoisotopic (exact) mass is 263 g/mol. The van der Waals surface area contributed by atoms with Gasteiger partial charge in [-0.25, -0.2) is 9.78 Å². The van der Waals surface area contributed by atoms with Crippen molar-refractivity contribution in [2.24, 2.45) is 0 Å².